The van der Waals surface area contributed by atoms with Crippen LogP contribution in [0.1, 0.15) is 39.2 Å². The minimum absolute atomic E-state index is 0.325. The van der Waals surface area contributed by atoms with Crippen LogP contribution >= 0.6 is 0 Å². The first-order chi connectivity index (χ1) is 13.3. The van der Waals surface area contributed by atoms with Crippen molar-refractivity contribution in [3.63, 3.8) is 0 Å². The zero-order valence-electron chi connectivity index (χ0n) is 17.5. The van der Waals surface area contributed by atoms with Gasteiger partial charge in [-0.1, -0.05) is 19.9 Å². The lowest BCUT2D eigenvalue weighted by molar-refractivity contribution is 0.195. The molecule has 152 valence electrons. The first kappa shape index (κ1) is 20.6. The molecule has 1 aliphatic rings. The van der Waals surface area contributed by atoms with Crippen LogP contribution < -0.4 is 15.8 Å². The molecule has 0 spiro atoms. The minimum Gasteiger partial charge on any atom is -0.491 e. The summed E-state index contributed by atoms with van der Waals surface area (Å²) in [5.74, 6) is 2.32. The molecule has 3 N–H and O–H groups in total. The molecule has 0 saturated carbocycles. The average molecular weight is 384 g/mol. The molecule has 0 radical (unpaired) electrons. The fourth-order valence-corrected chi connectivity index (χ4v) is 3.77. The van der Waals surface area contributed by atoms with E-state index in [-0.39, 0.29) is 5.54 Å². The smallest absolute Gasteiger partial charge is 0.126 e. The highest BCUT2D eigenvalue weighted by Crippen LogP contribution is 2.28. The SMILES string of the molecule is Cc1cc(-c2ccnc(NC3CCOC3)c2)ccc1OC[C@@](C)(N)CC(C)C. The molecule has 2 aromatic rings. The molecule has 1 aromatic carbocycles. The predicted molar refractivity (Wildman–Crippen MR) is 115 cm³/mol. The molecule has 1 fully saturated rings. The molecule has 1 aliphatic heterocycles. The van der Waals surface area contributed by atoms with Crippen LogP contribution in [-0.2, 0) is 4.74 Å². The number of nitrogens with one attached hydrogen (secondary N) is 1. The normalized spacial score (nSPS) is 18.9. The molecule has 2 heterocycles. The number of ether oxygens (including phenoxy) is 2. The summed E-state index contributed by atoms with van der Waals surface area (Å²) in [4.78, 5) is 4.44. The van der Waals surface area contributed by atoms with E-state index >= 15 is 0 Å². The number of hydrogen-bond acceptors (Lipinski definition) is 5. The van der Waals surface area contributed by atoms with Gasteiger partial charge in [-0.05, 0) is 73.6 Å². The number of aromatic nitrogens is 1. The van der Waals surface area contributed by atoms with Crippen molar-refractivity contribution >= 4 is 5.82 Å². The Labute approximate surface area is 168 Å². The Hall–Kier alpha value is -2.11. The highest BCUT2D eigenvalue weighted by atomic mass is 16.5. The van der Waals surface area contributed by atoms with Crippen LogP contribution in [0.15, 0.2) is 36.5 Å². The van der Waals surface area contributed by atoms with E-state index in [1.165, 1.54) is 0 Å². The fraction of sp³-hybridized carbons (Fsp3) is 0.522. The lowest BCUT2D eigenvalue weighted by atomic mass is 9.93. The number of nitrogens with zero attached hydrogens (tertiary/aromatic N) is 1. The molecule has 28 heavy (non-hydrogen) atoms. The summed E-state index contributed by atoms with van der Waals surface area (Å²) in [6.45, 7) is 10.6. The summed E-state index contributed by atoms with van der Waals surface area (Å²) in [6.07, 6.45) is 3.80. The molecule has 1 saturated heterocycles. The van der Waals surface area contributed by atoms with Gasteiger partial charge in [-0.15, -0.1) is 0 Å². The highest BCUT2D eigenvalue weighted by molar-refractivity contribution is 5.68. The highest BCUT2D eigenvalue weighted by Gasteiger charge is 2.21. The standard InChI is InChI=1S/C23H33N3O2/c1-16(2)13-23(4,24)15-28-21-6-5-18(11-17(21)3)19-7-9-25-22(12-19)26-20-8-10-27-14-20/h5-7,9,11-12,16,20H,8,10,13-15,24H2,1-4H3,(H,25,26)/t20?,23-/m0/s1. The number of rotatable bonds is 8. The minimum atomic E-state index is -0.325. The molecule has 0 aliphatic carbocycles. The molecule has 1 unspecified atom stereocenters. The summed E-state index contributed by atoms with van der Waals surface area (Å²) >= 11 is 0. The number of pyridine rings is 1. The molecule has 5 heteroatoms. The molecule has 1 aromatic heterocycles. The van der Waals surface area contributed by atoms with Gasteiger partial charge in [0, 0.05) is 18.3 Å². The van der Waals surface area contributed by atoms with E-state index in [0.29, 0.717) is 18.6 Å². The van der Waals surface area contributed by atoms with Crippen LogP contribution in [0.3, 0.4) is 0 Å². The van der Waals surface area contributed by atoms with Gasteiger partial charge in [-0.3, -0.25) is 0 Å². The lowest BCUT2D eigenvalue weighted by Gasteiger charge is -2.27. The van der Waals surface area contributed by atoms with Crippen molar-refractivity contribution in [2.75, 3.05) is 25.1 Å². The monoisotopic (exact) mass is 383 g/mol. The number of benzene rings is 1. The van der Waals surface area contributed by atoms with Crippen molar-refractivity contribution in [3.05, 3.63) is 42.1 Å². The second-order valence-electron chi connectivity index (χ2n) is 8.66. The Morgan fingerprint density at radius 2 is 2.07 bits per heavy atom. The van der Waals surface area contributed by atoms with Crippen LogP contribution in [-0.4, -0.2) is 36.4 Å². The predicted octanol–water partition coefficient (Wildman–Crippen LogP) is 4.40. The van der Waals surface area contributed by atoms with Crippen LogP contribution in [0.25, 0.3) is 11.1 Å². The maximum absolute atomic E-state index is 6.37. The molecule has 5 nitrogen and oxygen atoms in total. The molecular formula is C23H33N3O2. The van der Waals surface area contributed by atoms with Crippen molar-refractivity contribution < 1.29 is 9.47 Å². The molecule has 0 amide bonds. The van der Waals surface area contributed by atoms with Gasteiger partial charge in [-0.2, -0.15) is 0 Å². The summed E-state index contributed by atoms with van der Waals surface area (Å²) in [5.41, 5.74) is 9.44. The second-order valence-corrected chi connectivity index (χ2v) is 8.66. The van der Waals surface area contributed by atoms with Crippen LogP contribution in [0.4, 0.5) is 5.82 Å². The third-order valence-electron chi connectivity index (χ3n) is 4.98. The molecule has 2 atom stereocenters. The number of anilines is 1. The van der Waals surface area contributed by atoms with Gasteiger partial charge >= 0.3 is 0 Å². The molecular weight excluding hydrogens is 350 g/mol. The Kier molecular flexibility index (Phi) is 6.57. The van der Waals surface area contributed by atoms with Crippen molar-refractivity contribution in [3.8, 4) is 16.9 Å². The van der Waals surface area contributed by atoms with Gasteiger partial charge in [0.1, 0.15) is 18.2 Å². The topological polar surface area (TPSA) is 69.4 Å². The zero-order chi connectivity index (χ0) is 20.1. The molecule has 0 bridgehead atoms. The third kappa shape index (κ3) is 5.69. The van der Waals surface area contributed by atoms with Crippen molar-refractivity contribution in [1.29, 1.82) is 0 Å². The quantitative estimate of drug-likeness (QED) is 0.707. The first-order valence-corrected chi connectivity index (χ1v) is 10.2. The third-order valence-corrected chi connectivity index (χ3v) is 4.98. The van der Waals surface area contributed by atoms with E-state index in [1.54, 1.807) is 0 Å². The largest absolute Gasteiger partial charge is 0.491 e. The van der Waals surface area contributed by atoms with E-state index < -0.39 is 0 Å². The maximum Gasteiger partial charge on any atom is 0.126 e. The zero-order valence-corrected chi connectivity index (χ0v) is 17.5. The van der Waals surface area contributed by atoms with Crippen molar-refractivity contribution in [2.45, 2.75) is 52.1 Å². The summed E-state index contributed by atoms with van der Waals surface area (Å²) in [5, 5.41) is 3.45. The van der Waals surface area contributed by atoms with E-state index in [4.69, 9.17) is 15.2 Å². The first-order valence-electron chi connectivity index (χ1n) is 10.2. The number of nitrogens with two attached hydrogens (primary N) is 1. The van der Waals surface area contributed by atoms with Crippen LogP contribution in [0.5, 0.6) is 5.75 Å². The number of hydrogen-bond donors (Lipinski definition) is 2. The van der Waals surface area contributed by atoms with Gasteiger partial charge in [0.15, 0.2) is 0 Å². The van der Waals surface area contributed by atoms with Crippen LogP contribution in [0.2, 0.25) is 0 Å². The second kappa shape index (κ2) is 8.93. The van der Waals surface area contributed by atoms with Crippen molar-refractivity contribution in [1.82, 2.24) is 4.98 Å². The van der Waals surface area contributed by atoms with Gasteiger partial charge in [-0.25, -0.2) is 4.98 Å². The maximum atomic E-state index is 6.37. The fourth-order valence-electron chi connectivity index (χ4n) is 3.77. The van der Waals surface area contributed by atoms with E-state index in [2.05, 4.69) is 56.2 Å². The van der Waals surface area contributed by atoms with E-state index in [9.17, 15) is 0 Å². The van der Waals surface area contributed by atoms with E-state index in [0.717, 1.165) is 54.3 Å². The van der Waals surface area contributed by atoms with Crippen molar-refractivity contribution in [2.24, 2.45) is 11.7 Å². The van der Waals surface area contributed by atoms with Gasteiger partial charge < -0.3 is 20.5 Å². The van der Waals surface area contributed by atoms with E-state index in [1.807, 2.05) is 18.3 Å². The Bertz CT molecular complexity index is 783. The van der Waals surface area contributed by atoms with Gasteiger partial charge in [0.05, 0.1) is 12.6 Å². The Balaban J connectivity index is 1.68. The van der Waals surface area contributed by atoms with Gasteiger partial charge in [0.2, 0.25) is 0 Å². The summed E-state index contributed by atoms with van der Waals surface area (Å²) in [7, 11) is 0. The summed E-state index contributed by atoms with van der Waals surface area (Å²) < 4.78 is 11.5. The van der Waals surface area contributed by atoms with Gasteiger partial charge in [0.25, 0.3) is 0 Å². The number of aryl methyl sites for hydroxylation is 1. The Morgan fingerprint density at radius 1 is 1.29 bits per heavy atom. The Morgan fingerprint density at radius 3 is 2.75 bits per heavy atom. The summed E-state index contributed by atoms with van der Waals surface area (Å²) in [6, 6.07) is 10.8. The average Bonchev–Trinajstić information content (AvgIpc) is 3.13. The molecule has 3 rings (SSSR count). The van der Waals surface area contributed by atoms with Crippen LogP contribution in [0, 0.1) is 12.8 Å². The lowest BCUT2D eigenvalue weighted by Crippen LogP contribution is -2.43.